The number of nitrogens with two attached hydrogens (primary N) is 1. The number of rotatable bonds is 5. The zero-order chi connectivity index (χ0) is 24.1. The quantitative estimate of drug-likeness (QED) is 0.347. The van der Waals surface area contributed by atoms with Crippen molar-refractivity contribution in [3.8, 4) is 0 Å². The van der Waals surface area contributed by atoms with E-state index in [1.165, 1.54) is 6.07 Å². The predicted octanol–water partition coefficient (Wildman–Crippen LogP) is 5.81. The molecule has 5 N–H and O–H groups in total. The average molecular weight is 509 g/mol. The van der Waals surface area contributed by atoms with Gasteiger partial charge >= 0.3 is 0 Å². The zero-order valence-corrected chi connectivity index (χ0v) is 20.6. The first kappa shape index (κ1) is 23.6. The standard InChI is InChI=1S/C24H30F2N4O2S2/c1-17-6-7-21-19(10-17)22(28-14-33(13-27)15-34(31,32)16-33)11-23(29-21)30-9-8-24(25,26)20-5-3-2-4-18(20)12-30/h2-7,10-11,31-32H,8-9,12-16,27H2,1H3,(H,28,29). The molecule has 2 aliphatic rings. The Morgan fingerprint density at radius 3 is 2.65 bits per heavy atom. The van der Waals surface area contributed by atoms with Crippen LogP contribution in [0.4, 0.5) is 20.3 Å². The van der Waals surface area contributed by atoms with E-state index in [0.717, 1.165) is 22.2 Å². The third-order valence-electron chi connectivity index (χ3n) is 6.54. The molecule has 3 aromatic rings. The van der Waals surface area contributed by atoms with Gasteiger partial charge in [-0.05, 0) is 24.6 Å². The number of aromatic nitrogens is 1. The summed E-state index contributed by atoms with van der Waals surface area (Å²) >= 11 is 0. The molecular formula is C24H30F2N4O2S2. The van der Waals surface area contributed by atoms with Crippen LogP contribution in [0.1, 0.15) is 23.1 Å². The molecule has 3 heterocycles. The molecule has 0 spiro atoms. The number of nitrogens with zero attached hydrogens (tertiary/aromatic N) is 2. The molecule has 0 saturated carbocycles. The first-order valence-corrected chi connectivity index (χ1v) is 15.3. The summed E-state index contributed by atoms with van der Waals surface area (Å²) in [5.74, 6) is -1.23. The molecule has 6 nitrogen and oxygen atoms in total. The Labute approximate surface area is 201 Å². The lowest BCUT2D eigenvalue weighted by atomic mass is 10.0. The molecule has 2 aromatic carbocycles. The van der Waals surface area contributed by atoms with E-state index in [4.69, 9.17) is 10.7 Å². The Hall–Kier alpha value is -2.11. The average Bonchev–Trinajstić information content (AvgIpc) is 2.92. The fourth-order valence-electron chi connectivity index (χ4n) is 4.77. The van der Waals surface area contributed by atoms with Crippen LogP contribution in [0.25, 0.3) is 10.9 Å². The van der Waals surface area contributed by atoms with E-state index in [9.17, 15) is 17.9 Å². The van der Waals surface area contributed by atoms with Crippen LogP contribution >= 0.6 is 20.6 Å². The number of nitrogens with one attached hydrogen (secondary N) is 1. The monoisotopic (exact) mass is 508 g/mol. The van der Waals surface area contributed by atoms with Crippen molar-refractivity contribution >= 4 is 43.0 Å². The van der Waals surface area contributed by atoms with Gasteiger partial charge in [-0.25, -0.2) is 13.8 Å². The maximum absolute atomic E-state index is 14.8. The molecule has 5 rings (SSSR count). The van der Waals surface area contributed by atoms with Gasteiger partial charge in [0.15, 0.2) is 0 Å². The lowest BCUT2D eigenvalue weighted by Gasteiger charge is -2.59. The Morgan fingerprint density at radius 1 is 1.15 bits per heavy atom. The maximum atomic E-state index is 14.8. The van der Waals surface area contributed by atoms with Crippen LogP contribution < -0.4 is 16.0 Å². The number of anilines is 2. The Bertz CT molecular complexity index is 1230. The van der Waals surface area contributed by atoms with Gasteiger partial charge in [0.05, 0.1) is 15.7 Å². The fourth-order valence-corrected chi connectivity index (χ4v) is 12.9. The van der Waals surface area contributed by atoms with Gasteiger partial charge in [-0.15, -0.1) is 0 Å². The third kappa shape index (κ3) is 4.45. The first-order valence-electron chi connectivity index (χ1n) is 11.1. The number of hydrogen-bond donors (Lipinski definition) is 4. The van der Waals surface area contributed by atoms with Crippen molar-refractivity contribution in [2.75, 3.05) is 38.7 Å². The van der Waals surface area contributed by atoms with Crippen molar-refractivity contribution in [1.29, 1.82) is 0 Å². The predicted molar refractivity (Wildman–Crippen MR) is 140 cm³/mol. The minimum absolute atomic E-state index is 0.0877. The molecule has 2 aliphatic heterocycles. The molecule has 0 bridgehead atoms. The molecular weight excluding hydrogens is 478 g/mol. The molecule has 184 valence electrons. The van der Waals surface area contributed by atoms with Crippen molar-refractivity contribution in [3.63, 3.8) is 0 Å². The van der Waals surface area contributed by atoms with E-state index in [2.05, 4.69) is 11.4 Å². The number of pyridine rings is 1. The number of halogens is 2. The van der Waals surface area contributed by atoms with Crippen LogP contribution in [-0.4, -0.2) is 42.6 Å². The largest absolute Gasteiger partial charge is 0.377 e. The van der Waals surface area contributed by atoms with Crippen molar-refractivity contribution in [1.82, 2.24) is 4.98 Å². The number of aryl methyl sites for hydroxylation is 1. The van der Waals surface area contributed by atoms with Gasteiger partial charge in [-0.2, -0.15) is 20.6 Å². The number of fused-ring (bicyclic) bond motifs is 2. The Balaban J connectivity index is 1.50. The number of hydrogen-bond acceptors (Lipinski definition) is 6. The number of alkyl halides is 2. The van der Waals surface area contributed by atoms with Gasteiger partial charge in [0.1, 0.15) is 5.82 Å². The summed E-state index contributed by atoms with van der Waals surface area (Å²) < 4.78 is 49.5. The molecule has 0 amide bonds. The van der Waals surface area contributed by atoms with Crippen LogP contribution in [0.3, 0.4) is 0 Å². The van der Waals surface area contributed by atoms with Gasteiger partial charge in [-0.3, -0.25) is 9.11 Å². The van der Waals surface area contributed by atoms with E-state index < -0.39 is 26.5 Å². The highest BCUT2D eigenvalue weighted by atomic mass is 32.4. The smallest absolute Gasteiger partial charge is 0.275 e. The fraction of sp³-hybridized carbons (Fsp3) is 0.375. The first-order chi connectivity index (χ1) is 16.1. The van der Waals surface area contributed by atoms with Crippen molar-refractivity contribution < 1.29 is 17.9 Å². The summed E-state index contributed by atoms with van der Waals surface area (Å²) in [7, 11) is -3.85. The lowest BCUT2D eigenvalue weighted by molar-refractivity contribution is -0.00967. The summed E-state index contributed by atoms with van der Waals surface area (Å²) in [5.41, 5.74) is 9.45. The Morgan fingerprint density at radius 2 is 1.91 bits per heavy atom. The highest BCUT2D eigenvalue weighted by molar-refractivity contribution is 8.59. The van der Waals surface area contributed by atoms with Crippen LogP contribution in [0, 0.1) is 6.92 Å². The lowest BCUT2D eigenvalue weighted by Crippen LogP contribution is -2.38. The molecule has 34 heavy (non-hydrogen) atoms. The van der Waals surface area contributed by atoms with Crippen molar-refractivity contribution in [3.05, 3.63) is 65.2 Å². The number of benzene rings is 2. The molecule has 0 unspecified atom stereocenters. The molecule has 0 atom stereocenters. The van der Waals surface area contributed by atoms with Gasteiger partial charge in [0.2, 0.25) is 0 Å². The van der Waals surface area contributed by atoms with E-state index in [1.54, 1.807) is 18.2 Å². The van der Waals surface area contributed by atoms with E-state index in [0.29, 0.717) is 39.8 Å². The van der Waals surface area contributed by atoms with Gasteiger partial charge in [-0.1, -0.05) is 35.9 Å². The highest BCUT2D eigenvalue weighted by Gasteiger charge is 2.43. The maximum Gasteiger partial charge on any atom is 0.275 e. The summed E-state index contributed by atoms with van der Waals surface area (Å²) in [6.45, 7) is 2.55. The minimum atomic E-state index is -2.88. The molecule has 1 saturated heterocycles. The third-order valence-corrected chi connectivity index (χ3v) is 15.0. The van der Waals surface area contributed by atoms with Gasteiger partial charge < -0.3 is 16.0 Å². The second-order valence-electron chi connectivity index (χ2n) is 9.33. The van der Waals surface area contributed by atoms with Crippen molar-refractivity contribution in [2.45, 2.75) is 25.8 Å². The molecule has 10 heteroatoms. The van der Waals surface area contributed by atoms with Crippen LogP contribution in [-0.2, 0) is 12.5 Å². The van der Waals surface area contributed by atoms with Gasteiger partial charge in [0.25, 0.3) is 5.92 Å². The summed E-state index contributed by atoms with van der Waals surface area (Å²) in [6, 6.07) is 14.6. The molecule has 0 aliphatic carbocycles. The second-order valence-corrected chi connectivity index (χ2v) is 15.9. The summed E-state index contributed by atoms with van der Waals surface area (Å²) in [4.78, 5) is 6.74. The van der Waals surface area contributed by atoms with E-state index >= 15 is 0 Å². The zero-order valence-electron chi connectivity index (χ0n) is 19.0. The Kier molecular flexibility index (Phi) is 5.92. The highest BCUT2D eigenvalue weighted by Crippen LogP contribution is 2.73. The molecule has 0 radical (unpaired) electrons. The van der Waals surface area contributed by atoms with Crippen LogP contribution in [0.2, 0.25) is 0 Å². The van der Waals surface area contributed by atoms with Crippen molar-refractivity contribution in [2.24, 2.45) is 5.73 Å². The van der Waals surface area contributed by atoms with Gasteiger partial charge in [0, 0.05) is 54.0 Å². The normalized spacial score (nSPS) is 22.2. The van der Waals surface area contributed by atoms with E-state index in [1.807, 2.05) is 30.0 Å². The minimum Gasteiger partial charge on any atom is -0.377 e. The topological polar surface area (TPSA) is 94.6 Å². The second kappa shape index (κ2) is 8.53. The van der Waals surface area contributed by atoms with Crippen LogP contribution in [0.5, 0.6) is 0 Å². The molecule has 1 fully saturated rings. The molecule has 1 aromatic heterocycles. The van der Waals surface area contributed by atoms with Crippen LogP contribution in [0.15, 0.2) is 48.5 Å². The summed E-state index contributed by atoms with van der Waals surface area (Å²) in [5, 5.41) is 5.20. The van der Waals surface area contributed by atoms with E-state index in [-0.39, 0.29) is 18.5 Å². The SMILES string of the molecule is Cc1ccc2nc(N3CCC(F)(F)c4ccccc4C3)cc(NCS3(CN)CS(O)(O)C3)c2c1. The summed E-state index contributed by atoms with van der Waals surface area (Å²) in [6.07, 6.45) is -0.279.